The second-order valence-electron chi connectivity index (χ2n) is 1.05. The van der Waals surface area contributed by atoms with Gasteiger partial charge >= 0.3 is 37.7 Å². The maximum Gasteiger partial charge on any atom is 2.00 e. The molecule has 4 nitrogen and oxygen atoms in total. The zero-order valence-corrected chi connectivity index (χ0v) is 8.12. The van der Waals surface area contributed by atoms with Crippen LogP contribution >= 0.6 is 0 Å². The Labute approximate surface area is 94.2 Å². The summed E-state index contributed by atoms with van der Waals surface area (Å²) < 4.78 is 0. The second-order valence-corrected chi connectivity index (χ2v) is 1.05. The van der Waals surface area contributed by atoms with E-state index < -0.39 is 11.9 Å². The van der Waals surface area contributed by atoms with Crippen LogP contribution in [-0.2, 0) is 9.59 Å². The van der Waals surface area contributed by atoms with Gasteiger partial charge in [-0.15, -0.1) is 0 Å². The molecule has 0 heterocycles. The number of carboxylic acid groups (broad SMARTS) is 2. The molecule has 0 aliphatic rings. The molecule has 0 amide bonds. The first-order chi connectivity index (χ1) is 4.54. The van der Waals surface area contributed by atoms with E-state index in [0.717, 1.165) is 12.2 Å². The van der Waals surface area contributed by atoms with Crippen molar-refractivity contribution in [3.8, 4) is 0 Å². The first kappa shape index (κ1) is 17.0. The van der Waals surface area contributed by atoms with E-state index >= 15 is 0 Å². The number of hydrogen-bond donors (Lipinski definition) is 0. The monoisotopic (exact) mass is 182 g/mol. The summed E-state index contributed by atoms with van der Waals surface area (Å²) in [5, 5.41) is 18.3. The molecule has 0 saturated carbocycles. The Balaban J connectivity index is -0.000000107. The van der Waals surface area contributed by atoms with E-state index in [-0.39, 0.29) is 37.7 Å². The fraction of sp³-hybridized carbons (Fsp3) is 0. The van der Waals surface area contributed by atoms with Gasteiger partial charge in [0, 0.05) is 0 Å². The Bertz CT molecular complexity index is 135. The molecule has 56 valence electrons. The van der Waals surface area contributed by atoms with Crippen molar-refractivity contribution in [1.82, 2.24) is 0 Å². The van der Waals surface area contributed by atoms with Crippen LogP contribution in [0, 0.1) is 0 Å². The molecule has 0 aliphatic carbocycles. The number of hydrogen-bond acceptors (Lipinski definition) is 4. The minimum absolute atomic E-state index is 0. The van der Waals surface area contributed by atoms with Gasteiger partial charge in [-0.2, -0.15) is 0 Å². The molecule has 0 fully saturated rings. The average Bonchev–Trinajstić information content (AvgIpc) is 1.89. The summed E-state index contributed by atoms with van der Waals surface area (Å²) in [6.45, 7) is 5.80. The van der Waals surface area contributed by atoms with Gasteiger partial charge in [-0.25, -0.2) is 0 Å². The molecule has 0 aromatic rings. The number of carbonyl (C=O) groups excluding carboxylic acids is 2. The maximum atomic E-state index is 9.14. The Hall–Kier alpha value is -0.320. The molecule has 0 spiro atoms. The molecule has 0 N–H and O–H groups in total. The van der Waals surface area contributed by atoms with Crippen molar-refractivity contribution in [2.45, 2.75) is 0 Å². The molecule has 11 heavy (non-hydrogen) atoms. The summed E-state index contributed by atoms with van der Waals surface area (Å²) >= 11 is 0. The minimum Gasteiger partial charge on any atom is -0.545 e. The molecule has 0 aliphatic heterocycles. The van der Waals surface area contributed by atoms with Gasteiger partial charge in [0.25, 0.3) is 0 Å². The quantitative estimate of drug-likeness (QED) is 0.348. The second kappa shape index (κ2) is 12.4. The summed E-state index contributed by atoms with van der Waals surface area (Å²) in [6, 6.07) is 0. The van der Waals surface area contributed by atoms with Gasteiger partial charge < -0.3 is 19.8 Å². The van der Waals surface area contributed by atoms with E-state index in [2.05, 4.69) is 13.2 Å². The van der Waals surface area contributed by atoms with Crippen molar-refractivity contribution >= 4 is 49.7 Å². The first-order valence-electron chi connectivity index (χ1n) is 2.21. The molecule has 0 radical (unpaired) electrons. The van der Waals surface area contributed by atoms with Gasteiger partial charge in [-0.1, -0.05) is 13.2 Å². The summed E-state index contributed by atoms with van der Waals surface area (Å²) in [4.78, 5) is 18.3. The molecule has 0 rings (SSSR count). The van der Waals surface area contributed by atoms with Crippen LogP contribution in [0.4, 0.5) is 0 Å². The Kier molecular flexibility index (Phi) is 19.1. The largest absolute Gasteiger partial charge is 2.00 e. The molecular weight excluding hydrogens is 176 g/mol. The molecule has 5 heteroatoms. The van der Waals surface area contributed by atoms with E-state index in [1.54, 1.807) is 0 Å². The smallest absolute Gasteiger partial charge is 0.545 e. The van der Waals surface area contributed by atoms with E-state index in [0.29, 0.717) is 0 Å². The number of aliphatic carboxylic acids is 2. The molecule has 0 aromatic carbocycles. The van der Waals surface area contributed by atoms with Gasteiger partial charge in [0.1, 0.15) is 0 Å². The molecular formula is C6H6CaO4. The summed E-state index contributed by atoms with van der Waals surface area (Å²) in [7, 11) is 0. The van der Waals surface area contributed by atoms with Crippen molar-refractivity contribution in [1.29, 1.82) is 0 Å². The Morgan fingerprint density at radius 3 is 1.09 bits per heavy atom. The SMILES string of the molecule is C=CC(=O)[O-].C=CC(=O)[O-].[Ca+2]. The van der Waals surface area contributed by atoms with Gasteiger partial charge in [-0.3, -0.25) is 0 Å². The van der Waals surface area contributed by atoms with E-state index in [9.17, 15) is 0 Å². The zero-order chi connectivity index (χ0) is 8.57. The average molecular weight is 182 g/mol. The molecule has 0 saturated heterocycles. The predicted octanol–water partition coefficient (Wildman–Crippen LogP) is -2.54. The van der Waals surface area contributed by atoms with Crippen LogP contribution in [0.3, 0.4) is 0 Å². The maximum absolute atomic E-state index is 9.14. The number of carbonyl (C=O) groups is 2. The van der Waals surface area contributed by atoms with Crippen LogP contribution in [0.5, 0.6) is 0 Å². The topological polar surface area (TPSA) is 80.3 Å². The van der Waals surface area contributed by atoms with E-state index in [1.165, 1.54) is 0 Å². The molecule has 0 atom stereocenters. The minimum atomic E-state index is -1.23. The van der Waals surface area contributed by atoms with Gasteiger partial charge in [0.05, 0.1) is 11.9 Å². The van der Waals surface area contributed by atoms with Crippen LogP contribution in [0.15, 0.2) is 25.3 Å². The Morgan fingerprint density at radius 1 is 1.00 bits per heavy atom. The molecule has 0 bridgehead atoms. The van der Waals surface area contributed by atoms with E-state index in [4.69, 9.17) is 19.8 Å². The van der Waals surface area contributed by atoms with Crippen LogP contribution in [0.2, 0.25) is 0 Å². The van der Waals surface area contributed by atoms with Gasteiger partial charge in [-0.05, 0) is 12.2 Å². The zero-order valence-electron chi connectivity index (χ0n) is 5.91. The summed E-state index contributed by atoms with van der Waals surface area (Å²) in [5.74, 6) is -2.46. The fourth-order valence-electron chi connectivity index (χ4n) is 0. The van der Waals surface area contributed by atoms with E-state index in [1.807, 2.05) is 0 Å². The van der Waals surface area contributed by atoms with Gasteiger partial charge in [0.2, 0.25) is 0 Å². The van der Waals surface area contributed by atoms with Crippen LogP contribution in [-0.4, -0.2) is 49.7 Å². The third-order valence-electron chi connectivity index (χ3n) is 0.333. The van der Waals surface area contributed by atoms with Crippen LogP contribution in [0.25, 0.3) is 0 Å². The van der Waals surface area contributed by atoms with Crippen molar-refractivity contribution in [3.05, 3.63) is 25.3 Å². The Morgan fingerprint density at radius 2 is 1.09 bits per heavy atom. The van der Waals surface area contributed by atoms with Crippen LogP contribution < -0.4 is 10.2 Å². The third-order valence-corrected chi connectivity index (χ3v) is 0.333. The number of rotatable bonds is 2. The summed E-state index contributed by atoms with van der Waals surface area (Å²) in [5.41, 5.74) is 0. The number of carboxylic acids is 2. The third kappa shape index (κ3) is 42.2. The van der Waals surface area contributed by atoms with Crippen LogP contribution in [0.1, 0.15) is 0 Å². The van der Waals surface area contributed by atoms with Crippen molar-refractivity contribution in [2.24, 2.45) is 0 Å². The van der Waals surface area contributed by atoms with Crippen molar-refractivity contribution in [3.63, 3.8) is 0 Å². The fourth-order valence-corrected chi connectivity index (χ4v) is 0. The normalized spacial score (nSPS) is 5.82. The van der Waals surface area contributed by atoms with Crippen molar-refractivity contribution in [2.75, 3.05) is 0 Å². The summed E-state index contributed by atoms with van der Waals surface area (Å²) in [6.07, 6.45) is 1.44. The molecule has 0 aromatic heterocycles. The first-order valence-corrected chi connectivity index (χ1v) is 2.21. The predicted molar refractivity (Wildman–Crippen MR) is 36.2 cm³/mol. The molecule has 0 unspecified atom stereocenters. The van der Waals surface area contributed by atoms with Crippen molar-refractivity contribution < 1.29 is 19.8 Å². The van der Waals surface area contributed by atoms with Gasteiger partial charge in [0.15, 0.2) is 0 Å². The standard InChI is InChI=1S/2C3H4O2.Ca/c2*1-2-3(4)5;/h2*2H,1H2,(H,4,5);/q;;+2/p-2.